The van der Waals surface area contributed by atoms with E-state index in [0.29, 0.717) is 0 Å². The van der Waals surface area contributed by atoms with E-state index in [4.69, 9.17) is 5.11 Å². The summed E-state index contributed by atoms with van der Waals surface area (Å²) in [4.78, 5) is 25.2. The average Bonchev–Trinajstić information content (AvgIpc) is 2.48. The third-order valence-corrected chi connectivity index (χ3v) is 2.30. The summed E-state index contributed by atoms with van der Waals surface area (Å²) in [5.74, 6) is -2.02. The van der Waals surface area contributed by atoms with Gasteiger partial charge in [0.05, 0.1) is 0 Å². The number of alkyl halides is 1. The molecule has 1 aromatic rings. The molecule has 0 spiro atoms. The lowest BCUT2D eigenvalue weighted by molar-refractivity contribution is 0.0690. The van der Waals surface area contributed by atoms with Gasteiger partial charge in [-0.25, -0.2) is 14.2 Å². The minimum atomic E-state index is -2.02. The van der Waals surface area contributed by atoms with Gasteiger partial charge < -0.3 is 5.11 Å². The van der Waals surface area contributed by atoms with E-state index in [2.05, 4.69) is 4.98 Å². The van der Waals surface area contributed by atoms with E-state index in [1.165, 1.54) is 5.38 Å². The molecule has 0 amide bonds. The van der Waals surface area contributed by atoms with Crippen molar-refractivity contribution < 1.29 is 19.1 Å². The van der Waals surface area contributed by atoms with Crippen LogP contribution in [0.25, 0.3) is 0 Å². The highest BCUT2D eigenvalue weighted by Crippen LogP contribution is 2.19. The number of nitrogens with zero attached hydrogens (tertiary/aromatic N) is 1. The number of carbonyl (C=O) groups is 2. The number of thiazole rings is 1. The van der Waals surface area contributed by atoms with E-state index in [-0.39, 0.29) is 10.7 Å². The van der Waals surface area contributed by atoms with Crippen LogP contribution in [0.2, 0.25) is 0 Å². The van der Waals surface area contributed by atoms with Crippen LogP contribution in [-0.2, 0) is 0 Å². The Morgan fingerprint density at radius 3 is 2.50 bits per heavy atom. The number of carboxylic acids is 1. The van der Waals surface area contributed by atoms with Crippen molar-refractivity contribution in [2.45, 2.75) is 19.5 Å². The van der Waals surface area contributed by atoms with E-state index in [1.54, 1.807) is 0 Å². The highest BCUT2D eigenvalue weighted by molar-refractivity contribution is 7.12. The average molecular weight is 217 g/mol. The topological polar surface area (TPSA) is 67.3 Å². The van der Waals surface area contributed by atoms with Gasteiger partial charge in [0, 0.05) is 5.38 Å². The van der Waals surface area contributed by atoms with E-state index in [0.717, 1.165) is 25.2 Å². The molecular weight excluding hydrogens is 209 g/mol. The summed E-state index contributed by atoms with van der Waals surface area (Å²) in [5, 5.41) is 9.62. The van der Waals surface area contributed by atoms with Crippen molar-refractivity contribution in [2.75, 3.05) is 0 Å². The lowest BCUT2D eigenvalue weighted by Crippen LogP contribution is -2.25. The summed E-state index contributed by atoms with van der Waals surface area (Å²) in [6.45, 7) is 2.22. The molecule has 14 heavy (non-hydrogen) atoms. The molecule has 0 aliphatic carbocycles. The summed E-state index contributed by atoms with van der Waals surface area (Å²) >= 11 is 0.831. The second kappa shape index (κ2) is 3.45. The number of hydrogen-bond donors (Lipinski definition) is 1. The number of carbonyl (C=O) groups excluding carboxylic acids is 1. The molecule has 0 saturated carbocycles. The van der Waals surface area contributed by atoms with E-state index in [1.807, 2.05) is 0 Å². The number of hydrogen-bond acceptors (Lipinski definition) is 4. The predicted molar refractivity (Wildman–Crippen MR) is 48.6 cm³/mol. The van der Waals surface area contributed by atoms with Gasteiger partial charge in [-0.1, -0.05) is 0 Å². The summed E-state index contributed by atoms with van der Waals surface area (Å²) < 4.78 is 13.1. The van der Waals surface area contributed by atoms with Crippen LogP contribution in [0.5, 0.6) is 0 Å². The molecule has 0 unspecified atom stereocenters. The monoisotopic (exact) mass is 217 g/mol. The maximum Gasteiger partial charge on any atom is 0.355 e. The Morgan fingerprint density at radius 1 is 1.57 bits per heavy atom. The second-order valence-electron chi connectivity index (χ2n) is 3.14. The first-order valence-corrected chi connectivity index (χ1v) is 4.63. The molecule has 6 heteroatoms. The molecule has 1 heterocycles. The largest absolute Gasteiger partial charge is 0.476 e. The van der Waals surface area contributed by atoms with Crippen molar-refractivity contribution in [3.63, 3.8) is 0 Å². The van der Waals surface area contributed by atoms with E-state index in [9.17, 15) is 14.0 Å². The molecule has 1 N–H and O–H groups in total. The van der Waals surface area contributed by atoms with E-state index >= 15 is 0 Å². The standard InChI is InChI=1S/C8H8FNO3S/c1-8(2,9)5(11)6-10-4(3-14-6)7(12)13/h3H,1-2H3,(H,12,13). The van der Waals surface area contributed by atoms with E-state index < -0.39 is 17.4 Å². The first kappa shape index (κ1) is 10.8. The minimum Gasteiger partial charge on any atom is -0.476 e. The summed E-state index contributed by atoms with van der Waals surface area (Å²) in [6.07, 6.45) is 0. The Balaban J connectivity index is 2.99. The van der Waals surface area contributed by atoms with Gasteiger partial charge in [-0.3, -0.25) is 4.79 Å². The van der Waals surface area contributed by atoms with Crippen molar-refractivity contribution in [3.05, 3.63) is 16.1 Å². The normalized spacial score (nSPS) is 11.4. The Kier molecular flexibility index (Phi) is 2.66. The fourth-order valence-electron chi connectivity index (χ4n) is 0.731. The molecule has 0 aromatic carbocycles. The molecule has 0 aliphatic rings. The number of Topliss-reactive ketones (excluding diaryl/α,β-unsaturated/α-hetero) is 1. The molecule has 0 fully saturated rings. The van der Waals surface area contributed by atoms with Crippen molar-refractivity contribution >= 4 is 23.1 Å². The number of halogens is 1. The molecule has 0 atom stereocenters. The van der Waals surface area contributed by atoms with Gasteiger partial charge in [0.15, 0.2) is 16.4 Å². The Morgan fingerprint density at radius 2 is 2.14 bits per heavy atom. The number of ketones is 1. The minimum absolute atomic E-state index is 0.116. The maximum absolute atomic E-state index is 13.1. The molecule has 0 bridgehead atoms. The first-order chi connectivity index (χ1) is 6.32. The molecule has 0 radical (unpaired) electrons. The van der Waals surface area contributed by atoms with Crippen molar-refractivity contribution in [1.82, 2.24) is 4.98 Å². The number of aromatic nitrogens is 1. The van der Waals surface area contributed by atoms with Gasteiger partial charge in [0.2, 0.25) is 5.78 Å². The van der Waals surface area contributed by atoms with Crippen molar-refractivity contribution in [1.29, 1.82) is 0 Å². The fourth-order valence-corrected chi connectivity index (χ4v) is 1.61. The lowest BCUT2D eigenvalue weighted by Gasteiger charge is -2.08. The highest BCUT2D eigenvalue weighted by Gasteiger charge is 2.30. The quantitative estimate of drug-likeness (QED) is 0.783. The second-order valence-corrected chi connectivity index (χ2v) is 4.00. The van der Waals surface area contributed by atoms with Crippen LogP contribution >= 0.6 is 11.3 Å². The predicted octanol–water partition coefficient (Wildman–Crippen LogP) is 1.77. The van der Waals surface area contributed by atoms with Gasteiger partial charge in [0.1, 0.15) is 0 Å². The zero-order valence-corrected chi connectivity index (χ0v) is 8.39. The number of carboxylic acid groups (broad SMARTS) is 1. The van der Waals surface area contributed by atoms with Crippen molar-refractivity contribution in [2.24, 2.45) is 0 Å². The maximum atomic E-state index is 13.1. The molecular formula is C8H8FNO3S. The van der Waals surface area contributed by atoms with Crippen LogP contribution in [0.15, 0.2) is 5.38 Å². The van der Waals surface area contributed by atoms with Crippen LogP contribution in [0.3, 0.4) is 0 Å². The van der Waals surface area contributed by atoms with Gasteiger partial charge in [-0.15, -0.1) is 11.3 Å². The smallest absolute Gasteiger partial charge is 0.355 e. The van der Waals surface area contributed by atoms with Crippen LogP contribution in [0.1, 0.15) is 34.1 Å². The molecule has 4 nitrogen and oxygen atoms in total. The first-order valence-electron chi connectivity index (χ1n) is 3.75. The molecule has 1 aromatic heterocycles. The van der Waals surface area contributed by atoms with Crippen LogP contribution in [0, 0.1) is 0 Å². The molecule has 0 saturated heterocycles. The third-order valence-electron chi connectivity index (χ3n) is 1.46. The van der Waals surface area contributed by atoms with Gasteiger partial charge in [0.25, 0.3) is 0 Å². The highest BCUT2D eigenvalue weighted by atomic mass is 32.1. The molecule has 76 valence electrons. The number of aromatic carboxylic acids is 1. The summed E-state index contributed by atoms with van der Waals surface area (Å²) in [6, 6.07) is 0. The number of rotatable bonds is 3. The zero-order chi connectivity index (χ0) is 10.9. The summed E-state index contributed by atoms with van der Waals surface area (Å²) in [7, 11) is 0. The van der Waals surface area contributed by atoms with Gasteiger partial charge in [-0.2, -0.15) is 0 Å². The zero-order valence-electron chi connectivity index (χ0n) is 7.57. The van der Waals surface area contributed by atoms with Crippen LogP contribution in [-0.4, -0.2) is 27.5 Å². The summed E-state index contributed by atoms with van der Waals surface area (Å²) in [5.41, 5.74) is -2.25. The molecule has 0 aliphatic heterocycles. The third kappa shape index (κ3) is 2.14. The Bertz CT molecular complexity index is 380. The van der Waals surface area contributed by atoms with Gasteiger partial charge >= 0.3 is 5.97 Å². The Labute approximate surface area is 83.4 Å². The Hall–Kier alpha value is -1.30. The molecule has 1 rings (SSSR count). The SMILES string of the molecule is CC(C)(F)C(=O)c1nc(C(=O)O)cs1. The van der Waals surface area contributed by atoms with Crippen LogP contribution < -0.4 is 0 Å². The van der Waals surface area contributed by atoms with Crippen molar-refractivity contribution in [3.8, 4) is 0 Å². The van der Waals surface area contributed by atoms with Crippen LogP contribution in [0.4, 0.5) is 4.39 Å². The lowest BCUT2D eigenvalue weighted by atomic mass is 10.1. The van der Waals surface area contributed by atoms with Gasteiger partial charge in [-0.05, 0) is 13.8 Å². The fraction of sp³-hybridized carbons (Fsp3) is 0.375.